The van der Waals surface area contributed by atoms with Crippen LogP contribution in [0, 0.1) is 7.11 Å². The lowest BCUT2D eigenvalue weighted by Crippen LogP contribution is -1.90. The van der Waals surface area contributed by atoms with E-state index in [1.165, 1.54) is 0 Å². The van der Waals surface area contributed by atoms with Crippen molar-refractivity contribution in [3.8, 4) is 0 Å². The monoisotopic (exact) mass is 172 g/mol. The van der Waals surface area contributed by atoms with Crippen LogP contribution < -0.4 is 0 Å². The average Bonchev–Trinajstić information content (AvgIpc) is 2.18. The molecule has 0 amide bonds. The molecule has 2 rings (SSSR count). The summed E-state index contributed by atoms with van der Waals surface area (Å²) in [5, 5.41) is 1.15. The minimum atomic E-state index is 0.463. The van der Waals surface area contributed by atoms with Gasteiger partial charge in [0.2, 0.25) is 0 Å². The highest BCUT2D eigenvalue weighted by molar-refractivity contribution is 5.78. The maximum absolute atomic E-state index is 4.76. The fourth-order valence-electron chi connectivity index (χ4n) is 1.29. The van der Waals surface area contributed by atoms with Gasteiger partial charge in [-0.05, 0) is 12.1 Å². The molecule has 2 heteroatoms. The molecule has 0 saturated carbocycles. The standard InChI is InChI=1S/C11H10NO/c1-13-8-10-7-6-9-4-2-3-5-11(9)12-10/h2-7H,1,8H2. The highest BCUT2D eigenvalue weighted by Crippen LogP contribution is 2.11. The van der Waals surface area contributed by atoms with Crippen LogP contribution in [0.15, 0.2) is 36.4 Å². The molecule has 2 aromatic rings. The Hall–Kier alpha value is -1.41. The quantitative estimate of drug-likeness (QED) is 0.694. The van der Waals surface area contributed by atoms with E-state index in [9.17, 15) is 0 Å². The Labute approximate surface area is 77.2 Å². The lowest BCUT2D eigenvalue weighted by Gasteiger charge is -2.00. The summed E-state index contributed by atoms with van der Waals surface area (Å²) in [7, 11) is 3.32. The van der Waals surface area contributed by atoms with Crippen LogP contribution in [-0.4, -0.2) is 4.98 Å². The number of hydrogen-bond donors (Lipinski definition) is 0. The van der Waals surface area contributed by atoms with Crippen LogP contribution in [0.1, 0.15) is 5.69 Å². The lowest BCUT2D eigenvalue weighted by molar-refractivity contribution is 0.225. The van der Waals surface area contributed by atoms with Crippen molar-refractivity contribution < 1.29 is 4.74 Å². The molecule has 65 valence electrons. The van der Waals surface area contributed by atoms with Gasteiger partial charge >= 0.3 is 0 Å². The van der Waals surface area contributed by atoms with Gasteiger partial charge < -0.3 is 4.74 Å². The predicted octanol–water partition coefficient (Wildman–Crippen LogP) is 2.54. The van der Waals surface area contributed by atoms with Crippen LogP contribution in [0.25, 0.3) is 10.9 Å². The Morgan fingerprint density at radius 1 is 1.15 bits per heavy atom. The Balaban J connectivity index is 2.49. The second-order valence-electron chi connectivity index (χ2n) is 2.84. The Bertz CT molecular complexity index is 412. The molecular weight excluding hydrogens is 162 g/mol. The Morgan fingerprint density at radius 2 is 2.00 bits per heavy atom. The molecular formula is C11H10NO. The maximum Gasteiger partial charge on any atom is 0.0889 e. The van der Waals surface area contributed by atoms with E-state index in [-0.39, 0.29) is 0 Å². The summed E-state index contributed by atoms with van der Waals surface area (Å²) in [5.41, 5.74) is 1.91. The van der Waals surface area contributed by atoms with Crippen molar-refractivity contribution in [1.82, 2.24) is 4.98 Å². The van der Waals surface area contributed by atoms with Crippen LogP contribution in [0.2, 0.25) is 0 Å². The van der Waals surface area contributed by atoms with Gasteiger partial charge in [-0.15, -0.1) is 0 Å². The van der Waals surface area contributed by atoms with Crippen molar-refractivity contribution in [3.05, 3.63) is 49.2 Å². The fraction of sp³-hybridized carbons (Fsp3) is 0.0909. The summed E-state index contributed by atoms with van der Waals surface area (Å²) >= 11 is 0. The topological polar surface area (TPSA) is 22.1 Å². The van der Waals surface area contributed by atoms with Crippen molar-refractivity contribution in [2.75, 3.05) is 0 Å². The van der Waals surface area contributed by atoms with Gasteiger partial charge in [0.1, 0.15) is 0 Å². The second kappa shape index (κ2) is 3.54. The minimum absolute atomic E-state index is 0.463. The molecule has 1 radical (unpaired) electrons. The molecule has 0 aliphatic heterocycles. The van der Waals surface area contributed by atoms with Crippen molar-refractivity contribution in [1.29, 1.82) is 0 Å². The second-order valence-corrected chi connectivity index (χ2v) is 2.84. The van der Waals surface area contributed by atoms with Crippen molar-refractivity contribution in [2.24, 2.45) is 0 Å². The average molecular weight is 172 g/mol. The number of para-hydroxylation sites is 1. The molecule has 0 saturated heterocycles. The van der Waals surface area contributed by atoms with Gasteiger partial charge in [-0.25, -0.2) is 0 Å². The summed E-state index contributed by atoms with van der Waals surface area (Å²) in [6, 6.07) is 12.0. The van der Waals surface area contributed by atoms with E-state index in [0.717, 1.165) is 16.6 Å². The van der Waals surface area contributed by atoms with Gasteiger partial charge in [-0.1, -0.05) is 24.3 Å². The zero-order chi connectivity index (χ0) is 9.10. The van der Waals surface area contributed by atoms with E-state index in [1.807, 2.05) is 36.4 Å². The first kappa shape index (κ1) is 8.20. The molecule has 2 nitrogen and oxygen atoms in total. The summed E-state index contributed by atoms with van der Waals surface area (Å²) in [4.78, 5) is 4.40. The Kier molecular flexibility index (Phi) is 2.23. The number of fused-ring (bicyclic) bond motifs is 1. The van der Waals surface area contributed by atoms with Gasteiger partial charge in [0.15, 0.2) is 0 Å². The van der Waals surface area contributed by atoms with E-state index in [2.05, 4.69) is 12.1 Å². The van der Waals surface area contributed by atoms with Crippen molar-refractivity contribution in [3.63, 3.8) is 0 Å². The van der Waals surface area contributed by atoms with Crippen LogP contribution in [-0.2, 0) is 11.3 Å². The first-order chi connectivity index (χ1) is 6.40. The molecule has 1 aromatic heterocycles. The SMILES string of the molecule is [CH2]OCc1ccc2ccccc2n1. The minimum Gasteiger partial charge on any atom is -0.373 e. The van der Waals surface area contributed by atoms with Crippen LogP contribution in [0.3, 0.4) is 0 Å². The normalized spacial score (nSPS) is 10.5. The Morgan fingerprint density at radius 3 is 2.85 bits per heavy atom. The third-order valence-corrected chi connectivity index (χ3v) is 1.91. The predicted molar refractivity (Wildman–Crippen MR) is 51.9 cm³/mol. The highest BCUT2D eigenvalue weighted by atomic mass is 16.5. The van der Waals surface area contributed by atoms with Crippen LogP contribution >= 0.6 is 0 Å². The van der Waals surface area contributed by atoms with Crippen molar-refractivity contribution >= 4 is 10.9 Å². The molecule has 0 atom stereocenters. The fourth-order valence-corrected chi connectivity index (χ4v) is 1.29. The molecule has 0 bridgehead atoms. The van der Waals surface area contributed by atoms with E-state index < -0.39 is 0 Å². The van der Waals surface area contributed by atoms with Gasteiger partial charge in [0, 0.05) is 5.39 Å². The first-order valence-electron chi connectivity index (χ1n) is 4.12. The molecule has 13 heavy (non-hydrogen) atoms. The highest BCUT2D eigenvalue weighted by Gasteiger charge is 1.95. The smallest absolute Gasteiger partial charge is 0.0889 e. The molecule has 1 heterocycles. The number of ether oxygens (including phenoxy) is 1. The molecule has 0 fully saturated rings. The number of benzene rings is 1. The molecule has 0 aliphatic rings. The summed E-state index contributed by atoms with van der Waals surface area (Å²) in [6.07, 6.45) is 0. The number of hydrogen-bond acceptors (Lipinski definition) is 2. The largest absolute Gasteiger partial charge is 0.373 e. The van der Waals surface area contributed by atoms with Gasteiger partial charge in [-0.3, -0.25) is 4.98 Å². The number of aromatic nitrogens is 1. The number of nitrogens with zero attached hydrogens (tertiary/aromatic N) is 1. The zero-order valence-corrected chi connectivity index (χ0v) is 7.23. The zero-order valence-electron chi connectivity index (χ0n) is 7.23. The van der Waals surface area contributed by atoms with E-state index in [4.69, 9.17) is 4.74 Å². The number of rotatable bonds is 2. The molecule has 1 aromatic carbocycles. The maximum atomic E-state index is 4.76. The lowest BCUT2D eigenvalue weighted by atomic mass is 10.2. The molecule has 0 spiro atoms. The summed E-state index contributed by atoms with van der Waals surface area (Å²) in [6.45, 7) is 0.463. The van der Waals surface area contributed by atoms with E-state index >= 15 is 0 Å². The van der Waals surface area contributed by atoms with Gasteiger partial charge in [0.25, 0.3) is 0 Å². The third-order valence-electron chi connectivity index (χ3n) is 1.91. The third kappa shape index (κ3) is 1.68. The first-order valence-corrected chi connectivity index (χ1v) is 4.12. The molecule has 0 N–H and O–H groups in total. The van der Waals surface area contributed by atoms with Gasteiger partial charge in [-0.2, -0.15) is 0 Å². The van der Waals surface area contributed by atoms with Crippen molar-refractivity contribution in [2.45, 2.75) is 6.61 Å². The van der Waals surface area contributed by atoms with Crippen LogP contribution in [0.5, 0.6) is 0 Å². The summed E-state index contributed by atoms with van der Waals surface area (Å²) in [5.74, 6) is 0. The van der Waals surface area contributed by atoms with E-state index in [0.29, 0.717) is 6.61 Å². The summed E-state index contributed by atoms with van der Waals surface area (Å²) < 4.78 is 4.76. The van der Waals surface area contributed by atoms with Crippen LogP contribution in [0.4, 0.5) is 0 Å². The number of pyridine rings is 1. The van der Waals surface area contributed by atoms with E-state index in [1.54, 1.807) is 0 Å². The van der Waals surface area contributed by atoms with Gasteiger partial charge in [0.05, 0.1) is 24.9 Å². The molecule has 0 aliphatic carbocycles. The molecule has 0 unspecified atom stereocenters.